The van der Waals surface area contributed by atoms with Crippen molar-refractivity contribution < 1.29 is 21.4 Å². The topological polar surface area (TPSA) is 30.2 Å². The number of aryl methyl sites for hydroxylation is 1. The number of aromatic nitrogens is 2. The Hall–Kier alpha value is -1.45. The molecule has 1 unspecified atom stereocenters. The molecule has 0 aliphatic heterocycles. The summed E-state index contributed by atoms with van der Waals surface area (Å²) in [5.41, 5.74) is -1.02. The highest BCUT2D eigenvalue weighted by Gasteiger charge is 2.33. The standard InChI is InChI=1S/C16H14Cl2F5N3S/c1-4-5-24-15-14(27(23)9(3)19)8(2)25-26(15)13-11(17)6-10(7-12(13)18)16(20,21)22/h5-7H,4H2,1-3H3. The van der Waals surface area contributed by atoms with Crippen LogP contribution in [0.25, 0.3) is 5.69 Å². The number of hydrogen-bond donors (Lipinski definition) is 0. The van der Waals surface area contributed by atoms with E-state index in [1.165, 1.54) is 13.1 Å². The van der Waals surface area contributed by atoms with Crippen LogP contribution in [0.2, 0.25) is 10.0 Å². The van der Waals surface area contributed by atoms with Crippen LogP contribution in [0, 0.1) is 6.92 Å². The zero-order chi connectivity index (χ0) is 20.5. The summed E-state index contributed by atoms with van der Waals surface area (Å²) in [5.74, 6) is -0.0826. The van der Waals surface area contributed by atoms with E-state index >= 15 is 0 Å². The summed E-state index contributed by atoms with van der Waals surface area (Å²) in [5, 5.41) is 2.41. The second-order valence-corrected chi connectivity index (χ2v) is 7.68. The van der Waals surface area contributed by atoms with Gasteiger partial charge in [0.15, 0.2) is 10.9 Å². The third-order valence-electron chi connectivity index (χ3n) is 3.36. The lowest BCUT2D eigenvalue weighted by atomic mass is 10.2. The van der Waals surface area contributed by atoms with Gasteiger partial charge in [0.1, 0.15) is 10.6 Å². The number of benzene rings is 1. The summed E-state index contributed by atoms with van der Waals surface area (Å²) >= 11 is 12.0. The molecule has 0 fully saturated rings. The van der Waals surface area contributed by atoms with Gasteiger partial charge in [-0.3, -0.25) is 0 Å². The van der Waals surface area contributed by atoms with Crippen molar-refractivity contribution in [1.82, 2.24) is 9.78 Å². The molecule has 0 bridgehead atoms. The number of hydrogen-bond acceptors (Lipinski definition) is 2. The highest BCUT2D eigenvalue weighted by molar-refractivity contribution is 8.11. The Morgan fingerprint density at radius 3 is 2.30 bits per heavy atom. The molecule has 0 N–H and O–H groups in total. The first kappa shape index (κ1) is 21.8. The van der Waals surface area contributed by atoms with Crippen LogP contribution in [0.5, 0.6) is 0 Å². The minimum atomic E-state index is -4.65. The van der Waals surface area contributed by atoms with E-state index in [4.69, 9.17) is 23.2 Å². The number of rotatable bonds is 4. The molecule has 1 aromatic heterocycles. The number of nitrogens with zero attached hydrogens (tertiary/aromatic N) is 3. The van der Waals surface area contributed by atoms with Crippen molar-refractivity contribution in [3.63, 3.8) is 0 Å². The van der Waals surface area contributed by atoms with Gasteiger partial charge in [-0.15, -0.1) is 0 Å². The zero-order valence-corrected chi connectivity index (χ0v) is 16.7. The molecule has 1 aromatic carbocycles. The molecule has 27 heavy (non-hydrogen) atoms. The lowest BCUT2D eigenvalue weighted by molar-refractivity contribution is -0.137. The lowest BCUT2D eigenvalue weighted by Crippen LogP contribution is -2.07. The van der Waals surface area contributed by atoms with Gasteiger partial charge in [0.2, 0.25) is 0 Å². The van der Waals surface area contributed by atoms with Crippen molar-refractivity contribution in [2.45, 2.75) is 38.3 Å². The van der Waals surface area contributed by atoms with Crippen LogP contribution < -0.4 is 0 Å². The van der Waals surface area contributed by atoms with Crippen molar-refractivity contribution in [2.24, 2.45) is 4.99 Å². The van der Waals surface area contributed by atoms with E-state index in [9.17, 15) is 21.4 Å². The predicted molar refractivity (Wildman–Crippen MR) is 101 cm³/mol. The number of halogens is 7. The predicted octanol–water partition coefficient (Wildman–Crippen LogP) is 7.25. The highest BCUT2D eigenvalue weighted by Crippen LogP contribution is 2.44. The minimum Gasteiger partial charge on any atom is -0.240 e. The molecule has 0 spiro atoms. The lowest BCUT2D eigenvalue weighted by Gasteiger charge is -2.13. The minimum absolute atomic E-state index is 0.0826. The SMILES string of the molecule is CCC=Nc1c(/S(F)=C(\C)F)c(C)nn1-c1c(Cl)cc(C(F)(F)F)cc1Cl. The van der Waals surface area contributed by atoms with Crippen molar-refractivity contribution in [1.29, 1.82) is 0 Å². The van der Waals surface area contributed by atoms with Gasteiger partial charge in [-0.2, -0.15) is 22.2 Å². The summed E-state index contributed by atoms with van der Waals surface area (Å²) in [6, 6.07) is 1.38. The Balaban J connectivity index is 2.82. The Morgan fingerprint density at radius 1 is 1.30 bits per heavy atom. The summed E-state index contributed by atoms with van der Waals surface area (Å²) in [4.78, 5) is 3.98. The molecule has 0 amide bonds. The molecule has 0 saturated carbocycles. The smallest absolute Gasteiger partial charge is 0.240 e. The normalized spacial score (nSPS) is 14.1. The summed E-state index contributed by atoms with van der Waals surface area (Å²) < 4.78 is 67.8. The quantitative estimate of drug-likeness (QED) is 0.211. The third-order valence-corrected chi connectivity index (χ3v) is 5.27. The van der Waals surface area contributed by atoms with E-state index in [2.05, 4.69) is 10.1 Å². The fourth-order valence-corrected chi connectivity index (χ4v) is 3.76. The van der Waals surface area contributed by atoms with Gasteiger partial charge in [-0.25, -0.2) is 14.1 Å². The van der Waals surface area contributed by atoms with Crippen LogP contribution >= 0.6 is 34.1 Å². The number of alkyl halides is 3. The second-order valence-electron chi connectivity index (χ2n) is 5.38. The Labute approximate surface area is 165 Å². The number of aliphatic imine (C=N–C) groups is 1. The monoisotopic (exact) mass is 445 g/mol. The molecule has 148 valence electrons. The highest BCUT2D eigenvalue weighted by atomic mass is 35.5. The van der Waals surface area contributed by atoms with E-state index in [0.717, 1.165) is 11.6 Å². The average molecular weight is 446 g/mol. The van der Waals surface area contributed by atoms with Crippen LogP contribution in [-0.2, 0) is 6.18 Å². The van der Waals surface area contributed by atoms with Crippen molar-refractivity contribution in [2.75, 3.05) is 0 Å². The molecule has 0 saturated heterocycles. The molecule has 3 nitrogen and oxygen atoms in total. The molecule has 2 rings (SSSR count). The van der Waals surface area contributed by atoms with Crippen LogP contribution in [0.1, 0.15) is 31.5 Å². The molecular formula is C16H14Cl2F5N3S. The molecular weight excluding hydrogens is 432 g/mol. The summed E-state index contributed by atoms with van der Waals surface area (Å²) in [7, 11) is -2.41. The van der Waals surface area contributed by atoms with Crippen molar-refractivity contribution in [3.05, 3.63) is 33.4 Å². The first-order valence-electron chi connectivity index (χ1n) is 7.57. The first-order valence-corrected chi connectivity index (χ1v) is 9.45. The average Bonchev–Trinajstić information content (AvgIpc) is 2.86. The van der Waals surface area contributed by atoms with Gasteiger partial charge in [0.05, 0.1) is 32.2 Å². The van der Waals surface area contributed by atoms with Gasteiger partial charge in [-0.1, -0.05) is 30.1 Å². The maximum Gasteiger partial charge on any atom is 0.416 e. The second kappa shape index (κ2) is 8.28. The molecule has 0 aliphatic carbocycles. The third kappa shape index (κ3) is 4.52. The Morgan fingerprint density at radius 2 is 1.85 bits per heavy atom. The van der Waals surface area contributed by atoms with Crippen LogP contribution in [0.3, 0.4) is 0 Å². The molecule has 1 atom stereocenters. The molecule has 2 aromatic rings. The van der Waals surface area contributed by atoms with Gasteiger partial charge in [-0.05, 0) is 32.4 Å². The fourth-order valence-electron chi connectivity index (χ4n) is 2.23. The van der Waals surface area contributed by atoms with E-state index in [1.54, 1.807) is 6.92 Å². The van der Waals surface area contributed by atoms with Gasteiger partial charge >= 0.3 is 6.18 Å². The maximum atomic E-state index is 14.4. The zero-order valence-electron chi connectivity index (χ0n) is 14.3. The van der Waals surface area contributed by atoms with Crippen molar-refractivity contribution >= 4 is 51.2 Å². The van der Waals surface area contributed by atoms with Crippen LogP contribution in [0.4, 0.5) is 27.3 Å². The molecule has 1 heterocycles. The van der Waals surface area contributed by atoms with Crippen molar-refractivity contribution in [3.8, 4) is 5.69 Å². The Kier molecular flexibility index (Phi) is 6.70. The van der Waals surface area contributed by atoms with Crippen LogP contribution in [0.15, 0.2) is 22.0 Å². The van der Waals surface area contributed by atoms with E-state index in [1.807, 2.05) is 0 Å². The van der Waals surface area contributed by atoms with Crippen LogP contribution in [-0.4, -0.2) is 21.1 Å². The molecule has 11 heteroatoms. The molecule has 0 aliphatic rings. The Bertz CT molecular complexity index is 908. The first-order chi connectivity index (χ1) is 12.5. The fraction of sp³-hybridized carbons (Fsp3) is 0.312. The molecule has 0 radical (unpaired) electrons. The summed E-state index contributed by atoms with van der Waals surface area (Å²) in [6.45, 7) is 4.19. The maximum absolute atomic E-state index is 14.4. The van der Waals surface area contributed by atoms with E-state index in [0.29, 0.717) is 18.6 Å². The van der Waals surface area contributed by atoms with Gasteiger partial charge in [0.25, 0.3) is 0 Å². The largest absolute Gasteiger partial charge is 0.416 e. The van der Waals surface area contributed by atoms with E-state index < -0.39 is 27.7 Å². The van der Waals surface area contributed by atoms with Gasteiger partial charge in [0, 0.05) is 6.21 Å². The van der Waals surface area contributed by atoms with E-state index in [-0.39, 0.29) is 32.1 Å². The van der Waals surface area contributed by atoms with Gasteiger partial charge < -0.3 is 0 Å². The summed E-state index contributed by atoms with van der Waals surface area (Å²) in [6.07, 6.45) is -2.73.